The molecule has 0 radical (unpaired) electrons. The number of urea groups is 1. The third-order valence-electron chi connectivity index (χ3n) is 4.19. The lowest BCUT2D eigenvalue weighted by Gasteiger charge is -2.37. The Balaban J connectivity index is 1.67. The number of thiophene rings is 1. The van der Waals surface area contributed by atoms with Crippen LogP contribution in [0.2, 0.25) is 5.02 Å². The van der Waals surface area contributed by atoms with Gasteiger partial charge in [-0.2, -0.15) is 0 Å². The molecule has 134 valence electrons. The van der Waals surface area contributed by atoms with Crippen LogP contribution < -0.4 is 10.6 Å². The number of hydrogen-bond acceptors (Lipinski definition) is 4. The Morgan fingerprint density at radius 2 is 2.08 bits per heavy atom. The number of ether oxygens (including phenoxy) is 1. The lowest BCUT2D eigenvalue weighted by atomic mass is 10.1. The maximum absolute atomic E-state index is 12.4. The molecule has 5 nitrogen and oxygen atoms in total. The minimum atomic E-state index is -0.232. The van der Waals surface area contributed by atoms with E-state index in [2.05, 4.69) is 27.0 Å². The molecule has 1 aliphatic heterocycles. The number of benzene rings is 1. The van der Waals surface area contributed by atoms with E-state index in [0.29, 0.717) is 10.7 Å². The topological polar surface area (TPSA) is 53.6 Å². The maximum atomic E-state index is 12.4. The zero-order valence-electron chi connectivity index (χ0n) is 14.1. The highest BCUT2D eigenvalue weighted by molar-refractivity contribution is 7.10. The fourth-order valence-electron chi connectivity index (χ4n) is 3.08. The molecular formula is C18H22ClN3O2S. The standard InChI is InChI=1S/C18H22ClN3O2S/c1-13(20-18(23)21-15-5-2-4-14(19)12-15)17(16-6-3-11-25-16)22-7-9-24-10-8-22/h2-6,11-13,17H,7-10H2,1H3,(H2,20,21,23)/t13-,17-/m0/s1. The fourth-order valence-corrected chi connectivity index (χ4v) is 4.23. The number of nitrogens with zero attached hydrogens (tertiary/aromatic N) is 1. The van der Waals surface area contributed by atoms with E-state index in [9.17, 15) is 4.79 Å². The Hall–Kier alpha value is -1.60. The Labute approximate surface area is 156 Å². The van der Waals surface area contributed by atoms with Gasteiger partial charge in [-0.1, -0.05) is 23.7 Å². The molecule has 1 aliphatic rings. The van der Waals surface area contributed by atoms with Gasteiger partial charge in [-0.25, -0.2) is 4.79 Å². The summed E-state index contributed by atoms with van der Waals surface area (Å²) in [5.74, 6) is 0. The molecule has 2 aromatic rings. The number of amides is 2. The molecule has 3 rings (SSSR count). The lowest BCUT2D eigenvalue weighted by molar-refractivity contribution is 0.0106. The number of halogens is 1. The molecule has 2 N–H and O–H groups in total. The highest BCUT2D eigenvalue weighted by Gasteiger charge is 2.29. The molecule has 0 spiro atoms. The van der Waals surface area contributed by atoms with Crippen LogP contribution in [-0.4, -0.2) is 43.3 Å². The van der Waals surface area contributed by atoms with Crippen LogP contribution in [0.5, 0.6) is 0 Å². The summed E-state index contributed by atoms with van der Waals surface area (Å²) in [5, 5.41) is 8.57. The zero-order valence-corrected chi connectivity index (χ0v) is 15.6. The second-order valence-corrected chi connectivity index (χ2v) is 7.42. The first-order chi connectivity index (χ1) is 12.1. The highest BCUT2D eigenvalue weighted by Crippen LogP contribution is 2.29. The molecule has 0 unspecified atom stereocenters. The first kappa shape index (κ1) is 18.2. The van der Waals surface area contributed by atoms with Crippen LogP contribution in [0.4, 0.5) is 10.5 Å². The molecule has 2 atom stereocenters. The van der Waals surface area contributed by atoms with E-state index in [0.717, 1.165) is 26.3 Å². The predicted octanol–water partition coefficient (Wildman–Crippen LogP) is 3.99. The fraction of sp³-hybridized carbons (Fsp3) is 0.389. The van der Waals surface area contributed by atoms with Crippen molar-refractivity contribution in [2.24, 2.45) is 0 Å². The van der Waals surface area contributed by atoms with Crippen LogP contribution in [0, 0.1) is 0 Å². The van der Waals surface area contributed by atoms with Gasteiger partial charge in [-0.05, 0) is 36.6 Å². The molecule has 1 saturated heterocycles. The monoisotopic (exact) mass is 379 g/mol. The number of morpholine rings is 1. The zero-order chi connectivity index (χ0) is 17.6. The minimum absolute atomic E-state index is 0.0454. The summed E-state index contributed by atoms with van der Waals surface area (Å²) in [6.07, 6.45) is 0. The summed E-state index contributed by atoms with van der Waals surface area (Å²) in [7, 11) is 0. The van der Waals surface area contributed by atoms with Gasteiger partial charge in [-0.15, -0.1) is 11.3 Å². The second-order valence-electron chi connectivity index (χ2n) is 6.01. The van der Waals surface area contributed by atoms with E-state index in [1.165, 1.54) is 4.88 Å². The van der Waals surface area contributed by atoms with Crippen LogP contribution in [0.3, 0.4) is 0 Å². The SMILES string of the molecule is C[C@H](NC(=O)Nc1cccc(Cl)c1)[C@@H](c1cccs1)N1CCOCC1. The lowest BCUT2D eigenvalue weighted by Crippen LogP contribution is -2.49. The Kier molecular flexibility index (Phi) is 6.31. The van der Waals surface area contributed by atoms with Gasteiger partial charge < -0.3 is 15.4 Å². The molecule has 0 saturated carbocycles. The van der Waals surface area contributed by atoms with Gasteiger partial charge in [-0.3, -0.25) is 4.90 Å². The first-order valence-electron chi connectivity index (χ1n) is 8.32. The smallest absolute Gasteiger partial charge is 0.319 e. The van der Waals surface area contributed by atoms with Crippen molar-refractivity contribution in [3.63, 3.8) is 0 Å². The summed E-state index contributed by atoms with van der Waals surface area (Å²) >= 11 is 7.68. The van der Waals surface area contributed by atoms with E-state index < -0.39 is 0 Å². The van der Waals surface area contributed by atoms with E-state index in [1.807, 2.05) is 25.1 Å². The van der Waals surface area contributed by atoms with Crippen LogP contribution in [0.1, 0.15) is 17.8 Å². The highest BCUT2D eigenvalue weighted by atomic mass is 35.5. The molecule has 7 heteroatoms. The van der Waals surface area contributed by atoms with Gasteiger partial charge in [0.25, 0.3) is 0 Å². The summed E-state index contributed by atoms with van der Waals surface area (Å²) in [4.78, 5) is 16.0. The number of carbonyl (C=O) groups is 1. The van der Waals surface area contributed by atoms with Gasteiger partial charge in [0.05, 0.1) is 19.3 Å². The molecule has 2 heterocycles. The maximum Gasteiger partial charge on any atom is 0.319 e. The van der Waals surface area contributed by atoms with Crippen LogP contribution in [0.15, 0.2) is 41.8 Å². The molecule has 0 aliphatic carbocycles. The van der Waals surface area contributed by atoms with Gasteiger partial charge >= 0.3 is 6.03 Å². The van der Waals surface area contributed by atoms with E-state index in [1.54, 1.807) is 23.5 Å². The predicted molar refractivity (Wildman–Crippen MR) is 103 cm³/mol. The van der Waals surface area contributed by atoms with Gasteiger partial charge in [0.2, 0.25) is 0 Å². The summed E-state index contributed by atoms with van der Waals surface area (Å²) < 4.78 is 5.47. The van der Waals surface area contributed by atoms with Gasteiger partial charge in [0.1, 0.15) is 0 Å². The summed E-state index contributed by atoms with van der Waals surface area (Å²) in [5.41, 5.74) is 0.677. The van der Waals surface area contributed by atoms with Crippen molar-refractivity contribution in [1.82, 2.24) is 10.2 Å². The first-order valence-corrected chi connectivity index (χ1v) is 9.57. The van der Waals surface area contributed by atoms with Gasteiger partial charge in [0, 0.05) is 34.7 Å². The van der Waals surface area contributed by atoms with Crippen molar-refractivity contribution in [2.75, 3.05) is 31.6 Å². The van der Waals surface area contributed by atoms with E-state index in [-0.39, 0.29) is 18.1 Å². The molecule has 25 heavy (non-hydrogen) atoms. The third kappa shape index (κ3) is 4.95. The van der Waals surface area contributed by atoms with Crippen LogP contribution in [-0.2, 0) is 4.74 Å². The number of nitrogens with one attached hydrogen (secondary N) is 2. The van der Waals surface area contributed by atoms with Crippen LogP contribution in [0.25, 0.3) is 0 Å². The second kappa shape index (κ2) is 8.67. The molecule has 0 bridgehead atoms. The van der Waals surface area contributed by atoms with E-state index in [4.69, 9.17) is 16.3 Å². The molecular weight excluding hydrogens is 358 g/mol. The van der Waals surface area contributed by atoms with Crippen molar-refractivity contribution in [3.8, 4) is 0 Å². The minimum Gasteiger partial charge on any atom is -0.379 e. The average Bonchev–Trinajstić information content (AvgIpc) is 3.10. The molecule has 1 aromatic carbocycles. The number of anilines is 1. The van der Waals surface area contributed by atoms with Crippen molar-refractivity contribution < 1.29 is 9.53 Å². The van der Waals surface area contributed by atoms with Crippen LogP contribution >= 0.6 is 22.9 Å². The number of hydrogen-bond donors (Lipinski definition) is 2. The van der Waals surface area contributed by atoms with Crippen molar-refractivity contribution in [2.45, 2.75) is 19.0 Å². The Morgan fingerprint density at radius 3 is 2.76 bits per heavy atom. The molecule has 2 amide bonds. The molecule has 1 aromatic heterocycles. The van der Waals surface area contributed by atoms with Crippen molar-refractivity contribution in [1.29, 1.82) is 0 Å². The third-order valence-corrected chi connectivity index (χ3v) is 5.37. The normalized spacial score (nSPS) is 17.7. The number of rotatable bonds is 5. The summed E-state index contributed by atoms with van der Waals surface area (Å²) in [6.45, 7) is 5.22. The van der Waals surface area contributed by atoms with Crippen molar-refractivity contribution >= 4 is 34.7 Å². The Morgan fingerprint density at radius 1 is 1.28 bits per heavy atom. The number of carbonyl (C=O) groups excluding carboxylic acids is 1. The van der Waals surface area contributed by atoms with Crippen molar-refractivity contribution in [3.05, 3.63) is 51.7 Å². The summed E-state index contributed by atoms with van der Waals surface area (Å²) in [6, 6.07) is 11.2. The quantitative estimate of drug-likeness (QED) is 0.826. The molecule has 1 fully saturated rings. The van der Waals surface area contributed by atoms with E-state index >= 15 is 0 Å². The average molecular weight is 380 g/mol. The Bertz CT molecular complexity index is 689. The van der Waals surface area contributed by atoms with Gasteiger partial charge in [0.15, 0.2) is 0 Å². The largest absolute Gasteiger partial charge is 0.379 e.